The second-order valence-corrected chi connectivity index (χ2v) is 8.15. The lowest BCUT2D eigenvalue weighted by atomic mass is 10.3. The van der Waals surface area contributed by atoms with Crippen molar-refractivity contribution >= 4 is 21.4 Å². The Morgan fingerprint density at radius 2 is 1.96 bits per heavy atom. The van der Waals surface area contributed by atoms with Crippen molar-refractivity contribution in [2.75, 3.05) is 13.7 Å². The van der Waals surface area contributed by atoms with E-state index in [9.17, 15) is 13.2 Å². The molecule has 10 heteroatoms. The summed E-state index contributed by atoms with van der Waals surface area (Å²) in [7, 11) is -0.516. The average Bonchev–Trinajstić information content (AvgIpc) is 3.26. The minimum Gasteiger partial charge on any atom is -0.497 e. The molecule has 0 saturated carbocycles. The molecule has 2 aromatic heterocycles. The van der Waals surface area contributed by atoms with Crippen molar-refractivity contribution in [1.82, 2.24) is 19.1 Å². The van der Waals surface area contributed by atoms with Crippen molar-refractivity contribution in [3.8, 4) is 16.5 Å². The van der Waals surface area contributed by atoms with E-state index in [0.717, 1.165) is 4.88 Å². The number of methoxy groups -OCH3 is 1. The molecule has 3 aromatic rings. The van der Waals surface area contributed by atoms with Gasteiger partial charge >= 0.3 is 5.69 Å². The molecule has 0 aliphatic heterocycles. The van der Waals surface area contributed by atoms with Crippen LogP contribution in [0.25, 0.3) is 10.7 Å². The highest BCUT2D eigenvalue weighted by molar-refractivity contribution is 7.89. The highest BCUT2D eigenvalue weighted by atomic mass is 32.2. The van der Waals surface area contributed by atoms with Crippen LogP contribution in [-0.4, -0.2) is 36.4 Å². The Morgan fingerprint density at radius 3 is 2.58 bits per heavy atom. The summed E-state index contributed by atoms with van der Waals surface area (Å²) < 4.78 is 34.8. The standard InChI is InChI=1S/C16H18N4O4S2/c1-19-15(14-4-3-11-25-14)18-20(16(19)21)10-9-17-26(22,23)13-7-5-12(24-2)6-8-13/h3-8,11,17H,9-10H2,1-2H3. The van der Waals surface area contributed by atoms with E-state index in [4.69, 9.17) is 4.74 Å². The van der Waals surface area contributed by atoms with Crippen molar-refractivity contribution in [2.24, 2.45) is 7.05 Å². The third kappa shape index (κ3) is 3.71. The van der Waals surface area contributed by atoms with Gasteiger partial charge in [0.1, 0.15) is 5.75 Å². The van der Waals surface area contributed by atoms with Gasteiger partial charge < -0.3 is 4.74 Å². The number of hydrogen-bond donors (Lipinski definition) is 1. The van der Waals surface area contributed by atoms with Gasteiger partial charge in [-0.05, 0) is 35.7 Å². The van der Waals surface area contributed by atoms with Crippen molar-refractivity contribution < 1.29 is 13.2 Å². The molecule has 0 saturated heterocycles. The molecule has 0 amide bonds. The van der Waals surface area contributed by atoms with Gasteiger partial charge in [0, 0.05) is 13.6 Å². The highest BCUT2D eigenvalue weighted by Crippen LogP contribution is 2.20. The zero-order chi connectivity index (χ0) is 18.7. The Bertz CT molecular complexity index is 1040. The van der Waals surface area contributed by atoms with Gasteiger partial charge in [-0.15, -0.1) is 16.4 Å². The van der Waals surface area contributed by atoms with Gasteiger partial charge in [0.05, 0.1) is 23.4 Å². The van der Waals surface area contributed by atoms with Crippen LogP contribution in [0.15, 0.2) is 51.5 Å². The molecule has 0 unspecified atom stereocenters. The molecular formula is C16H18N4O4S2. The predicted molar refractivity (Wildman–Crippen MR) is 99.0 cm³/mol. The minimum absolute atomic E-state index is 0.0508. The summed E-state index contributed by atoms with van der Waals surface area (Å²) in [5, 5.41) is 6.20. The molecule has 3 rings (SSSR count). The van der Waals surface area contributed by atoms with E-state index in [1.54, 1.807) is 19.2 Å². The molecule has 138 valence electrons. The van der Waals surface area contributed by atoms with Gasteiger partial charge in [0.15, 0.2) is 5.82 Å². The summed E-state index contributed by atoms with van der Waals surface area (Å²) in [5.74, 6) is 1.13. The van der Waals surface area contributed by atoms with Crippen LogP contribution in [-0.2, 0) is 23.6 Å². The maximum Gasteiger partial charge on any atom is 0.345 e. The Kier molecular flexibility index (Phi) is 5.25. The predicted octanol–water partition coefficient (Wildman–Crippen LogP) is 1.30. The van der Waals surface area contributed by atoms with Crippen LogP contribution in [0, 0.1) is 0 Å². The summed E-state index contributed by atoms with van der Waals surface area (Å²) in [6.07, 6.45) is 0. The number of rotatable bonds is 7. The second-order valence-electron chi connectivity index (χ2n) is 5.44. The maximum absolute atomic E-state index is 12.3. The van der Waals surface area contributed by atoms with E-state index in [0.29, 0.717) is 11.6 Å². The number of hydrogen-bond acceptors (Lipinski definition) is 6. The number of ether oxygens (including phenoxy) is 1. The zero-order valence-corrected chi connectivity index (χ0v) is 15.9. The van der Waals surface area contributed by atoms with Crippen molar-refractivity contribution in [2.45, 2.75) is 11.4 Å². The van der Waals surface area contributed by atoms with E-state index in [2.05, 4.69) is 9.82 Å². The van der Waals surface area contributed by atoms with Crippen molar-refractivity contribution in [3.63, 3.8) is 0 Å². The summed E-state index contributed by atoms with van der Waals surface area (Å²) in [5.41, 5.74) is -0.294. The van der Waals surface area contributed by atoms with Gasteiger partial charge in [-0.2, -0.15) is 0 Å². The SMILES string of the molecule is COc1ccc(S(=O)(=O)NCCn2nc(-c3cccs3)n(C)c2=O)cc1. The number of benzene rings is 1. The van der Waals surface area contributed by atoms with Crippen molar-refractivity contribution in [1.29, 1.82) is 0 Å². The van der Waals surface area contributed by atoms with Crippen LogP contribution in [0.5, 0.6) is 5.75 Å². The Hall–Kier alpha value is -2.43. The number of aromatic nitrogens is 3. The summed E-state index contributed by atoms with van der Waals surface area (Å²) in [4.78, 5) is 13.3. The lowest BCUT2D eigenvalue weighted by Gasteiger charge is -2.07. The second kappa shape index (κ2) is 7.44. The quantitative estimate of drug-likeness (QED) is 0.652. The first-order valence-corrected chi connectivity index (χ1v) is 10.1. The monoisotopic (exact) mass is 394 g/mol. The smallest absolute Gasteiger partial charge is 0.345 e. The van der Waals surface area contributed by atoms with Crippen molar-refractivity contribution in [3.05, 3.63) is 52.3 Å². The molecule has 2 heterocycles. The molecule has 0 radical (unpaired) electrons. The molecule has 0 aliphatic rings. The summed E-state index contributed by atoms with van der Waals surface area (Å²) in [6, 6.07) is 9.83. The van der Waals surface area contributed by atoms with E-state index < -0.39 is 10.0 Å². The van der Waals surface area contributed by atoms with Gasteiger partial charge in [-0.3, -0.25) is 4.57 Å². The molecule has 0 atom stereocenters. The molecule has 26 heavy (non-hydrogen) atoms. The lowest BCUT2D eigenvalue weighted by molar-refractivity contribution is 0.414. The van der Waals surface area contributed by atoms with E-state index >= 15 is 0 Å². The lowest BCUT2D eigenvalue weighted by Crippen LogP contribution is -2.31. The van der Waals surface area contributed by atoms with Crippen LogP contribution < -0.4 is 15.1 Å². The van der Waals surface area contributed by atoms with Gasteiger partial charge in [-0.1, -0.05) is 6.07 Å². The fourth-order valence-electron chi connectivity index (χ4n) is 2.38. The molecule has 0 fully saturated rings. The molecule has 0 spiro atoms. The summed E-state index contributed by atoms with van der Waals surface area (Å²) in [6.45, 7) is 0.183. The van der Waals surface area contributed by atoms with Crippen LogP contribution in [0.4, 0.5) is 0 Å². The molecule has 0 aliphatic carbocycles. The minimum atomic E-state index is -3.67. The van der Waals surface area contributed by atoms with E-state index in [-0.39, 0.29) is 23.7 Å². The number of thiophene rings is 1. The number of nitrogens with zero attached hydrogens (tertiary/aromatic N) is 3. The topological polar surface area (TPSA) is 95.2 Å². The largest absolute Gasteiger partial charge is 0.497 e. The highest BCUT2D eigenvalue weighted by Gasteiger charge is 2.16. The Balaban J connectivity index is 1.69. The fraction of sp³-hybridized carbons (Fsp3) is 0.250. The maximum atomic E-state index is 12.3. The van der Waals surface area contributed by atoms with Crippen LogP contribution in [0.3, 0.4) is 0 Å². The molecule has 0 bridgehead atoms. The molecule has 1 N–H and O–H groups in total. The number of sulfonamides is 1. The van der Waals surface area contributed by atoms with Gasteiger partial charge in [0.25, 0.3) is 0 Å². The third-order valence-electron chi connectivity index (χ3n) is 3.77. The number of nitrogens with one attached hydrogen (secondary N) is 1. The summed E-state index contributed by atoms with van der Waals surface area (Å²) >= 11 is 1.48. The van der Waals surface area contributed by atoms with E-state index in [1.165, 1.54) is 39.8 Å². The van der Waals surface area contributed by atoms with Crippen LogP contribution >= 0.6 is 11.3 Å². The third-order valence-corrected chi connectivity index (χ3v) is 6.11. The fourth-order valence-corrected chi connectivity index (χ4v) is 4.14. The van der Waals surface area contributed by atoms with Gasteiger partial charge in [0.2, 0.25) is 10.0 Å². The zero-order valence-electron chi connectivity index (χ0n) is 14.2. The Labute approximate surface area is 154 Å². The molecular weight excluding hydrogens is 376 g/mol. The van der Waals surface area contributed by atoms with Crippen LogP contribution in [0.2, 0.25) is 0 Å². The molecule has 1 aromatic carbocycles. The Morgan fingerprint density at radius 1 is 1.23 bits per heavy atom. The first-order chi connectivity index (χ1) is 12.4. The van der Waals surface area contributed by atoms with Gasteiger partial charge in [-0.25, -0.2) is 22.6 Å². The van der Waals surface area contributed by atoms with Crippen LogP contribution in [0.1, 0.15) is 0 Å². The first-order valence-electron chi connectivity index (χ1n) is 7.74. The average molecular weight is 394 g/mol. The van der Waals surface area contributed by atoms with E-state index in [1.807, 2.05) is 17.5 Å². The molecule has 8 nitrogen and oxygen atoms in total. The normalized spacial score (nSPS) is 11.6. The first kappa shape index (κ1) is 18.4.